The lowest BCUT2D eigenvalue weighted by atomic mass is 10.0. The molecule has 0 atom stereocenters. The van der Waals surface area contributed by atoms with Crippen LogP contribution in [0.2, 0.25) is 5.54 Å². The standard InChI is InChI=1S/C16H28O6Si/c1-13(17)20-23(21-14(2)18,22-15(3)19)16-11-9-7-5-4-6-8-10-12-16/h16H,4-12H2,1-3H3. The van der Waals surface area contributed by atoms with E-state index in [-0.39, 0.29) is 5.54 Å². The maximum absolute atomic E-state index is 11.6. The molecule has 0 N–H and O–H groups in total. The molecule has 1 fully saturated rings. The van der Waals surface area contributed by atoms with Gasteiger partial charge in [-0.3, -0.25) is 14.4 Å². The summed E-state index contributed by atoms with van der Waals surface area (Å²) < 4.78 is 16.1. The number of hydrogen-bond donors (Lipinski definition) is 0. The van der Waals surface area contributed by atoms with Crippen molar-refractivity contribution in [3.63, 3.8) is 0 Å². The van der Waals surface area contributed by atoms with Crippen molar-refractivity contribution < 1.29 is 27.7 Å². The molecule has 0 radical (unpaired) electrons. The molecule has 0 saturated heterocycles. The fourth-order valence-corrected chi connectivity index (χ4v) is 6.02. The smallest absolute Gasteiger partial charge is 0.455 e. The highest BCUT2D eigenvalue weighted by Gasteiger charge is 2.58. The van der Waals surface area contributed by atoms with Gasteiger partial charge in [0.2, 0.25) is 0 Å². The van der Waals surface area contributed by atoms with Crippen LogP contribution in [0.1, 0.15) is 78.6 Å². The lowest BCUT2D eigenvalue weighted by Crippen LogP contribution is -2.53. The fourth-order valence-electron chi connectivity index (χ4n) is 3.08. The van der Waals surface area contributed by atoms with Gasteiger partial charge >= 0.3 is 8.80 Å². The van der Waals surface area contributed by atoms with E-state index in [0.29, 0.717) is 0 Å². The van der Waals surface area contributed by atoms with E-state index in [4.69, 9.17) is 13.3 Å². The second-order valence-electron chi connectivity index (χ2n) is 6.13. The molecule has 0 amide bonds. The predicted molar refractivity (Wildman–Crippen MR) is 86.4 cm³/mol. The third kappa shape index (κ3) is 7.15. The first-order valence-electron chi connectivity index (χ1n) is 8.44. The summed E-state index contributed by atoms with van der Waals surface area (Å²) in [6.07, 6.45) is 9.13. The third-order valence-corrected chi connectivity index (χ3v) is 7.26. The molecular formula is C16H28O6Si. The number of rotatable bonds is 4. The molecule has 23 heavy (non-hydrogen) atoms. The van der Waals surface area contributed by atoms with E-state index >= 15 is 0 Å². The van der Waals surface area contributed by atoms with E-state index in [2.05, 4.69) is 0 Å². The average molecular weight is 344 g/mol. The highest BCUT2D eigenvalue weighted by molar-refractivity contribution is 6.67. The van der Waals surface area contributed by atoms with Crippen LogP contribution in [0.25, 0.3) is 0 Å². The zero-order chi connectivity index (χ0) is 17.3. The van der Waals surface area contributed by atoms with Gasteiger partial charge in [0.05, 0.1) is 5.54 Å². The minimum atomic E-state index is -3.73. The monoisotopic (exact) mass is 344 g/mol. The highest BCUT2D eigenvalue weighted by Crippen LogP contribution is 2.37. The molecule has 0 aliphatic heterocycles. The van der Waals surface area contributed by atoms with Gasteiger partial charge in [-0.15, -0.1) is 0 Å². The minimum Gasteiger partial charge on any atom is -0.455 e. The topological polar surface area (TPSA) is 78.9 Å². The predicted octanol–water partition coefficient (Wildman–Crippen LogP) is 3.51. The first-order valence-corrected chi connectivity index (χ1v) is 10.2. The van der Waals surface area contributed by atoms with Crippen molar-refractivity contribution in [2.75, 3.05) is 0 Å². The molecule has 0 aromatic carbocycles. The van der Waals surface area contributed by atoms with Crippen molar-refractivity contribution >= 4 is 26.7 Å². The zero-order valence-corrected chi connectivity index (χ0v) is 15.4. The Morgan fingerprint density at radius 2 is 0.957 bits per heavy atom. The Bertz CT molecular complexity index is 372. The summed E-state index contributed by atoms with van der Waals surface area (Å²) in [4.78, 5) is 34.7. The molecule has 132 valence electrons. The molecule has 0 aromatic heterocycles. The van der Waals surface area contributed by atoms with Gasteiger partial charge < -0.3 is 13.3 Å². The van der Waals surface area contributed by atoms with E-state index < -0.39 is 26.7 Å². The van der Waals surface area contributed by atoms with Crippen LogP contribution in [0.15, 0.2) is 0 Å². The largest absolute Gasteiger partial charge is 0.708 e. The Balaban J connectivity index is 3.05. The van der Waals surface area contributed by atoms with Crippen molar-refractivity contribution in [1.29, 1.82) is 0 Å². The van der Waals surface area contributed by atoms with Crippen molar-refractivity contribution in [2.24, 2.45) is 0 Å². The van der Waals surface area contributed by atoms with Gasteiger partial charge in [0, 0.05) is 20.8 Å². The number of hydrogen-bond acceptors (Lipinski definition) is 6. The number of carbonyl (C=O) groups is 3. The molecule has 6 nitrogen and oxygen atoms in total. The summed E-state index contributed by atoms with van der Waals surface area (Å²) in [6.45, 7) is 3.73. The van der Waals surface area contributed by atoms with Crippen LogP contribution < -0.4 is 0 Å². The van der Waals surface area contributed by atoms with Crippen LogP contribution >= 0.6 is 0 Å². The molecule has 0 unspecified atom stereocenters. The summed E-state index contributed by atoms with van der Waals surface area (Å²) in [5.74, 6) is -1.76. The quantitative estimate of drug-likeness (QED) is 0.726. The first kappa shape index (κ1) is 19.7. The van der Waals surface area contributed by atoms with Crippen molar-refractivity contribution in [2.45, 2.75) is 84.1 Å². The maximum atomic E-state index is 11.6. The van der Waals surface area contributed by atoms with Crippen LogP contribution in [-0.2, 0) is 27.7 Å². The SMILES string of the molecule is CC(=O)O[Si](OC(C)=O)(OC(C)=O)C1CCCCCCCCC1. The lowest BCUT2D eigenvalue weighted by molar-refractivity contribution is -0.148. The summed E-state index contributed by atoms with van der Waals surface area (Å²) in [5, 5.41) is 0. The van der Waals surface area contributed by atoms with Crippen LogP contribution in [0, 0.1) is 0 Å². The maximum Gasteiger partial charge on any atom is 0.708 e. The molecule has 1 aliphatic rings. The van der Waals surface area contributed by atoms with Gasteiger partial charge in [0.15, 0.2) is 0 Å². The molecular weight excluding hydrogens is 316 g/mol. The van der Waals surface area contributed by atoms with E-state index in [0.717, 1.165) is 38.5 Å². The van der Waals surface area contributed by atoms with Gasteiger partial charge in [-0.25, -0.2) is 0 Å². The molecule has 0 spiro atoms. The zero-order valence-electron chi connectivity index (χ0n) is 14.4. The summed E-state index contributed by atoms with van der Waals surface area (Å²) >= 11 is 0. The Labute approximate surface area is 139 Å². The van der Waals surface area contributed by atoms with Crippen molar-refractivity contribution in [1.82, 2.24) is 0 Å². The summed E-state index contributed by atoms with van der Waals surface area (Å²) in [6, 6.07) is 0. The Hall–Kier alpha value is -1.37. The average Bonchev–Trinajstić information content (AvgIpc) is 2.42. The molecule has 7 heteroatoms. The summed E-state index contributed by atoms with van der Waals surface area (Å²) in [5.41, 5.74) is -0.211. The van der Waals surface area contributed by atoms with Crippen LogP contribution in [0.4, 0.5) is 0 Å². The van der Waals surface area contributed by atoms with Gasteiger partial charge in [-0.1, -0.05) is 44.9 Å². The molecule has 0 bridgehead atoms. The Kier molecular flexibility index (Phi) is 8.29. The lowest BCUT2D eigenvalue weighted by Gasteiger charge is -2.33. The van der Waals surface area contributed by atoms with Crippen LogP contribution in [0.5, 0.6) is 0 Å². The Morgan fingerprint density at radius 3 is 1.26 bits per heavy atom. The second-order valence-corrected chi connectivity index (χ2v) is 8.77. The third-order valence-electron chi connectivity index (χ3n) is 3.96. The summed E-state index contributed by atoms with van der Waals surface area (Å²) in [7, 11) is -3.73. The van der Waals surface area contributed by atoms with Crippen molar-refractivity contribution in [3.05, 3.63) is 0 Å². The van der Waals surface area contributed by atoms with Crippen molar-refractivity contribution in [3.8, 4) is 0 Å². The van der Waals surface area contributed by atoms with E-state index in [1.54, 1.807) is 0 Å². The van der Waals surface area contributed by atoms with Crippen LogP contribution in [0.3, 0.4) is 0 Å². The van der Waals surface area contributed by atoms with Gasteiger partial charge in [0.1, 0.15) is 0 Å². The molecule has 0 heterocycles. The first-order chi connectivity index (χ1) is 10.9. The fraction of sp³-hybridized carbons (Fsp3) is 0.812. The van der Waals surface area contributed by atoms with E-state index in [1.807, 2.05) is 0 Å². The molecule has 0 aromatic rings. The second kappa shape index (κ2) is 9.70. The van der Waals surface area contributed by atoms with Gasteiger partial charge in [-0.2, -0.15) is 0 Å². The minimum absolute atomic E-state index is 0.211. The highest BCUT2D eigenvalue weighted by atomic mass is 28.4. The van der Waals surface area contributed by atoms with Crippen LogP contribution in [-0.4, -0.2) is 26.7 Å². The molecule has 1 saturated carbocycles. The Morgan fingerprint density at radius 1 is 0.652 bits per heavy atom. The van der Waals surface area contributed by atoms with E-state index in [1.165, 1.54) is 40.0 Å². The van der Waals surface area contributed by atoms with Gasteiger partial charge in [-0.05, 0) is 12.8 Å². The van der Waals surface area contributed by atoms with E-state index in [9.17, 15) is 14.4 Å². The molecule has 1 rings (SSSR count). The normalized spacial score (nSPS) is 17.9. The molecule has 1 aliphatic carbocycles. The number of carbonyl (C=O) groups excluding carboxylic acids is 3. The van der Waals surface area contributed by atoms with Gasteiger partial charge in [0.25, 0.3) is 17.9 Å².